The molecule has 0 spiro atoms. The van der Waals surface area contributed by atoms with Crippen LogP contribution in [0.4, 0.5) is 11.4 Å². The molecular formula is C13H13N3O2. The molecule has 2 aromatic rings. The van der Waals surface area contributed by atoms with Gasteiger partial charge in [0.25, 0.3) is 5.91 Å². The Hall–Kier alpha value is -2.56. The van der Waals surface area contributed by atoms with E-state index in [2.05, 4.69) is 4.98 Å². The lowest BCUT2D eigenvalue weighted by Gasteiger charge is -2.18. The number of aromatic hydroxyl groups is 1. The quantitative estimate of drug-likeness (QED) is 0.840. The van der Waals surface area contributed by atoms with Crippen molar-refractivity contribution in [2.45, 2.75) is 0 Å². The van der Waals surface area contributed by atoms with E-state index in [-0.39, 0.29) is 11.7 Å². The molecule has 5 heteroatoms. The maximum absolute atomic E-state index is 12.2. The molecule has 1 heterocycles. The van der Waals surface area contributed by atoms with Crippen molar-refractivity contribution in [3.05, 3.63) is 48.3 Å². The first-order valence-corrected chi connectivity index (χ1v) is 5.36. The highest BCUT2D eigenvalue weighted by Gasteiger charge is 2.15. The van der Waals surface area contributed by atoms with E-state index in [1.165, 1.54) is 23.2 Å². The van der Waals surface area contributed by atoms with E-state index in [1.54, 1.807) is 31.4 Å². The van der Waals surface area contributed by atoms with Crippen LogP contribution in [0.3, 0.4) is 0 Å². The molecular weight excluding hydrogens is 230 g/mol. The number of benzene rings is 1. The molecule has 3 N–H and O–H groups in total. The summed E-state index contributed by atoms with van der Waals surface area (Å²) in [7, 11) is 1.62. The maximum atomic E-state index is 12.2. The number of carbonyl (C=O) groups excluding carboxylic acids is 1. The minimum absolute atomic E-state index is 0.0527. The van der Waals surface area contributed by atoms with Crippen LogP contribution < -0.4 is 10.6 Å². The standard InChI is InChI=1S/C13H13N3O2/c1-16(12-5-6-15-8-11(12)14)13(18)9-3-2-4-10(17)7-9/h2-8,17H,14H2,1H3. The molecule has 1 aromatic carbocycles. The average Bonchev–Trinajstić information content (AvgIpc) is 2.37. The summed E-state index contributed by atoms with van der Waals surface area (Å²) in [6, 6.07) is 7.84. The molecule has 0 aliphatic carbocycles. The Balaban J connectivity index is 2.32. The smallest absolute Gasteiger partial charge is 0.258 e. The predicted molar refractivity (Wildman–Crippen MR) is 69.5 cm³/mol. The summed E-state index contributed by atoms with van der Waals surface area (Å²) >= 11 is 0. The van der Waals surface area contributed by atoms with Crippen molar-refractivity contribution in [3.63, 3.8) is 0 Å². The summed E-state index contributed by atoms with van der Waals surface area (Å²) in [5.41, 5.74) is 7.16. The fourth-order valence-corrected chi connectivity index (χ4v) is 1.65. The number of hydrogen-bond donors (Lipinski definition) is 2. The molecule has 0 aliphatic heterocycles. The molecule has 5 nitrogen and oxygen atoms in total. The average molecular weight is 243 g/mol. The fraction of sp³-hybridized carbons (Fsp3) is 0.0769. The van der Waals surface area contributed by atoms with Crippen LogP contribution in [0.25, 0.3) is 0 Å². The fourth-order valence-electron chi connectivity index (χ4n) is 1.65. The third-order valence-corrected chi connectivity index (χ3v) is 2.59. The zero-order valence-corrected chi connectivity index (χ0v) is 9.87. The molecule has 92 valence electrons. The third-order valence-electron chi connectivity index (χ3n) is 2.59. The maximum Gasteiger partial charge on any atom is 0.258 e. The van der Waals surface area contributed by atoms with Crippen LogP contribution in [0.15, 0.2) is 42.7 Å². The zero-order chi connectivity index (χ0) is 13.1. The number of nitrogen functional groups attached to an aromatic ring is 1. The van der Waals surface area contributed by atoms with Gasteiger partial charge in [-0.2, -0.15) is 0 Å². The monoisotopic (exact) mass is 243 g/mol. The topological polar surface area (TPSA) is 79.5 Å². The molecule has 0 aliphatic rings. The number of nitrogens with two attached hydrogens (primary N) is 1. The molecule has 1 aromatic heterocycles. The zero-order valence-electron chi connectivity index (χ0n) is 9.87. The van der Waals surface area contributed by atoms with Crippen LogP contribution in [0.5, 0.6) is 5.75 Å². The van der Waals surface area contributed by atoms with Gasteiger partial charge in [-0.15, -0.1) is 0 Å². The number of carbonyl (C=O) groups is 1. The first-order valence-electron chi connectivity index (χ1n) is 5.36. The predicted octanol–water partition coefficient (Wildman–Crippen LogP) is 1.65. The Labute approximate surface area is 104 Å². The molecule has 2 rings (SSSR count). The second kappa shape index (κ2) is 4.75. The molecule has 18 heavy (non-hydrogen) atoms. The Morgan fingerprint density at radius 2 is 2.17 bits per heavy atom. The number of hydrogen-bond acceptors (Lipinski definition) is 4. The van der Waals surface area contributed by atoms with Gasteiger partial charge in [0, 0.05) is 18.8 Å². The van der Waals surface area contributed by atoms with Crippen molar-refractivity contribution in [1.29, 1.82) is 0 Å². The molecule has 0 bridgehead atoms. The molecule has 0 saturated heterocycles. The number of anilines is 2. The van der Waals surface area contributed by atoms with Crippen molar-refractivity contribution in [2.24, 2.45) is 0 Å². The summed E-state index contributed by atoms with van der Waals surface area (Å²) in [4.78, 5) is 17.5. The van der Waals surface area contributed by atoms with Gasteiger partial charge in [-0.3, -0.25) is 9.78 Å². The molecule has 0 unspecified atom stereocenters. The van der Waals surface area contributed by atoms with Gasteiger partial charge in [-0.05, 0) is 24.3 Å². The van der Waals surface area contributed by atoms with Crippen molar-refractivity contribution >= 4 is 17.3 Å². The highest BCUT2D eigenvalue weighted by Crippen LogP contribution is 2.22. The van der Waals surface area contributed by atoms with E-state index in [9.17, 15) is 9.90 Å². The number of nitrogens with zero attached hydrogens (tertiary/aromatic N) is 2. The molecule has 0 saturated carbocycles. The Bertz CT molecular complexity index is 584. The minimum Gasteiger partial charge on any atom is -0.508 e. The van der Waals surface area contributed by atoms with Gasteiger partial charge in [0.15, 0.2) is 0 Å². The summed E-state index contributed by atoms with van der Waals surface area (Å²) in [5.74, 6) is -0.194. The Morgan fingerprint density at radius 1 is 1.39 bits per heavy atom. The lowest BCUT2D eigenvalue weighted by molar-refractivity contribution is 0.0992. The van der Waals surface area contributed by atoms with Crippen LogP contribution in [-0.4, -0.2) is 23.0 Å². The van der Waals surface area contributed by atoms with E-state index in [0.29, 0.717) is 16.9 Å². The van der Waals surface area contributed by atoms with Crippen molar-refractivity contribution in [2.75, 3.05) is 17.7 Å². The highest BCUT2D eigenvalue weighted by atomic mass is 16.3. The van der Waals surface area contributed by atoms with Crippen LogP contribution >= 0.6 is 0 Å². The van der Waals surface area contributed by atoms with E-state index < -0.39 is 0 Å². The lowest BCUT2D eigenvalue weighted by atomic mass is 10.2. The first kappa shape index (κ1) is 11.9. The normalized spacial score (nSPS) is 10.1. The second-order valence-electron chi connectivity index (χ2n) is 3.85. The number of amides is 1. The highest BCUT2D eigenvalue weighted by molar-refractivity contribution is 6.07. The summed E-state index contributed by atoms with van der Waals surface area (Å²) in [6.45, 7) is 0. The summed E-state index contributed by atoms with van der Waals surface area (Å²) in [5, 5.41) is 9.36. The van der Waals surface area contributed by atoms with Gasteiger partial charge >= 0.3 is 0 Å². The lowest BCUT2D eigenvalue weighted by Crippen LogP contribution is -2.27. The van der Waals surface area contributed by atoms with Gasteiger partial charge in [0.05, 0.1) is 17.6 Å². The van der Waals surface area contributed by atoms with Crippen molar-refractivity contribution < 1.29 is 9.90 Å². The first-order chi connectivity index (χ1) is 8.59. The number of phenols is 1. The van der Waals surface area contributed by atoms with Crippen LogP contribution in [0.1, 0.15) is 10.4 Å². The van der Waals surface area contributed by atoms with Gasteiger partial charge in [-0.25, -0.2) is 0 Å². The SMILES string of the molecule is CN(C(=O)c1cccc(O)c1)c1ccncc1N. The minimum atomic E-state index is -0.246. The number of pyridine rings is 1. The van der Waals surface area contributed by atoms with Crippen LogP contribution in [0.2, 0.25) is 0 Å². The second-order valence-corrected chi connectivity index (χ2v) is 3.85. The van der Waals surface area contributed by atoms with Crippen LogP contribution in [-0.2, 0) is 0 Å². The van der Waals surface area contributed by atoms with Gasteiger partial charge in [0.2, 0.25) is 0 Å². The van der Waals surface area contributed by atoms with E-state index in [4.69, 9.17) is 5.73 Å². The molecule has 0 fully saturated rings. The van der Waals surface area contributed by atoms with Gasteiger partial charge in [-0.1, -0.05) is 6.07 Å². The summed E-state index contributed by atoms with van der Waals surface area (Å²) in [6.07, 6.45) is 3.06. The van der Waals surface area contributed by atoms with Crippen molar-refractivity contribution in [1.82, 2.24) is 4.98 Å². The van der Waals surface area contributed by atoms with E-state index >= 15 is 0 Å². The number of rotatable bonds is 2. The van der Waals surface area contributed by atoms with Crippen molar-refractivity contribution in [3.8, 4) is 5.75 Å². The van der Waals surface area contributed by atoms with Crippen LogP contribution in [0, 0.1) is 0 Å². The number of aromatic nitrogens is 1. The Kier molecular flexibility index (Phi) is 3.14. The van der Waals surface area contributed by atoms with Gasteiger partial charge in [0.1, 0.15) is 5.75 Å². The van der Waals surface area contributed by atoms with Gasteiger partial charge < -0.3 is 15.7 Å². The van der Waals surface area contributed by atoms with E-state index in [1.807, 2.05) is 0 Å². The molecule has 1 amide bonds. The largest absolute Gasteiger partial charge is 0.508 e. The summed E-state index contributed by atoms with van der Waals surface area (Å²) < 4.78 is 0. The number of phenolic OH excluding ortho intramolecular Hbond substituents is 1. The van der Waals surface area contributed by atoms with E-state index in [0.717, 1.165) is 0 Å². The Morgan fingerprint density at radius 3 is 2.83 bits per heavy atom. The third kappa shape index (κ3) is 2.24. The molecule has 0 atom stereocenters. The molecule has 0 radical (unpaired) electrons.